The van der Waals surface area contributed by atoms with E-state index in [-0.39, 0.29) is 0 Å². The summed E-state index contributed by atoms with van der Waals surface area (Å²) in [7, 11) is 0. The molecule has 19 heavy (non-hydrogen) atoms. The summed E-state index contributed by atoms with van der Waals surface area (Å²) in [5, 5.41) is 13.2. The van der Waals surface area contributed by atoms with E-state index in [4.69, 9.17) is 0 Å². The van der Waals surface area contributed by atoms with Crippen LogP contribution in [0.4, 0.5) is 5.69 Å². The molecule has 2 aromatic rings. The van der Waals surface area contributed by atoms with Crippen LogP contribution in [0.1, 0.15) is 27.7 Å². The molecule has 0 aliphatic heterocycles. The second-order valence-electron chi connectivity index (χ2n) is 5.26. The lowest BCUT2D eigenvalue weighted by molar-refractivity contribution is 0.170. The third-order valence-electron chi connectivity index (χ3n) is 3.08. The van der Waals surface area contributed by atoms with Gasteiger partial charge in [0, 0.05) is 17.5 Å². The Bertz CT molecular complexity index is 560. The molecule has 0 aliphatic rings. The van der Waals surface area contributed by atoms with Gasteiger partial charge in [0.25, 0.3) is 0 Å². The Morgan fingerprint density at radius 2 is 1.47 bits per heavy atom. The molecule has 0 fully saturated rings. The molecule has 2 rings (SSSR count). The van der Waals surface area contributed by atoms with Crippen molar-refractivity contribution in [3.05, 3.63) is 42.5 Å². The van der Waals surface area contributed by atoms with Crippen LogP contribution < -0.4 is 0 Å². The van der Waals surface area contributed by atoms with Crippen molar-refractivity contribution in [2.24, 2.45) is 10.3 Å². The molecule has 0 saturated heterocycles. The van der Waals surface area contributed by atoms with Gasteiger partial charge in [0.05, 0.1) is 5.69 Å². The van der Waals surface area contributed by atoms with Crippen molar-refractivity contribution in [3.8, 4) is 0 Å². The predicted octanol–water partition coefficient (Wildman–Crippen LogP) is 4.96. The maximum atomic E-state index is 4.43. The molecule has 0 N–H and O–H groups in total. The second-order valence-corrected chi connectivity index (χ2v) is 5.26. The van der Waals surface area contributed by atoms with E-state index >= 15 is 0 Å². The summed E-state index contributed by atoms with van der Waals surface area (Å²) in [6.45, 7) is 8.51. The molecule has 0 atom stereocenters. The number of benzene rings is 2. The average Bonchev–Trinajstić information content (AvgIpc) is 2.38. The van der Waals surface area contributed by atoms with Crippen molar-refractivity contribution in [1.29, 1.82) is 0 Å². The lowest BCUT2D eigenvalue weighted by atomic mass is 10.1. The summed E-state index contributed by atoms with van der Waals surface area (Å²) in [6.07, 6.45) is 0. The molecule has 0 bridgehead atoms. The lowest BCUT2D eigenvalue weighted by Gasteiger charge is -2.25. The van der Waals surface area contributed by atoms with Crippen LogP contribution >= 0.6 is 0 Å². The third kappa shape index (κ3) is 3.11. The van der Waals surface area contributed by atoms with E-state index in [0.29, 0.717) is 12.1 Å². The zero-order chi connectivity index (χ0) is 13.8. The van der Waals surface area contributed by atoms with Crippen molar-refractivity contribution in [2.75, 3.05) is 0 Å². The largest absolute Gasteiger partial charge is 0.273 e. The van der Waals surface area contributed by atoms with Crippen molar-refractivity contribution in [1.82, 2.24) is 5.01 Å². The van der Waals surface area contributed by atoms with Crippen LogP contribution in [0.25, 0.3) is 10.8 Å². The van der Waals surface area contributed by atoms with Crippen LogP contribution in [0.2, 0.25) is 0 Å². The normalized spacial score (nSPS) is 11.9. The van der Waals surface area contributed by atoms with Gasteiger partial charge in [0.1, 0.15) is 0 Å². The molecular formula is C16H21N3. The van der Waals surface area contributed by atoms with Gasteiger partial charge < -0.3 is 0 Å². The highest BCUT2D eigenvalue weighted by Gasteiger charge is 2.10. The standard InChI is InChI=1S/C16H21N3/c1-12(2)19(13(3)4)18-17-16-11-7-9-14-8-5-6-10-15(14)16/h5-13H,1-4H3. The fourth-order valence-electron chi connectivity index (χ4n) is 2.20. The summed E-state index contributed by atoms with van der Waals surface area (Å²) in [5.74, 6) is 0. The van der Waals surface area contributed by atoms with E-state index in [0.717, 1.165) is 11.1 Å². The summed E-state index contributed by atoms with van der Waals surface area (Å²) in [4.78, 5) is 0. The Morgan fingerprint density at radius 3 is 2.16 bits per heavy atom. The van der Waals surface area contributed by atoms with Crippen LogP contribution in [-0.4, -0.2) is 17.1 Å². The molecule has 0 amide bonds. The first-order valence-corrected chi connectivity index (χ1v) is 6.77. The third-order valence-corrected chi connectivity index (χ3v) is 3.08. The van der Waals surface area contributed by atoms with E-state index in [9.17, 15) is 0 Å². The summed E-state index contributed by atoms with van der Waals surface area (Å²) in [5.41, 5.74) is 0.921. The van der Waals surface area contributed by atoms with Crippen molar-refractivity contribution in [2.45, 2.75) is 39.8 Å². The van der Waals surface area contributed by atoms with Crippen LogP contribution in [-0.2, 0) is 0 Å². The molecule has 3 nitrogen and oxygen atoms in total. The summed E-state index contributed by atoms with van der Waals surface area (Å²) < 4.78 is 0. The smallest absolute Gasteiger partial charge is 0.0952 e. The van der Waals surface area contributed by atoms with Gasteiger partial charge in [-0.15, -0.1) is 5.11 Å². The molecule has 0 aromatic heterocycles. The molecule has 0 unspecified atom stereocenters. The minimum atomic E-state index is 0.346. The van der Waals surface area contributed by atoms with Gasteiger partial charge in [-0.3, -0.25) is 5.01 Å². The van der Waals surface area contributed by atoms with E-state index in [1.54, 1.807) is 0 Å². The molecular weight excluding hydrogens is 234 g/mol. The SMILES string of the molecule is CC(C)N(N=Nc1cccc2ccccc12)C(C)C. The quantitative estimate of drug-likeness (QED) is 0.560. The molecule has 0 aliphatic carbocycles. The number of nitrogens with zero attached hydrogens (tertiary/aromatic N) is 3. The Balaban J connectivity index is 2.35. The fourth-order valence-corrected chi connectivity index (χ4v) is 2.20. The van der Waals surface area contributed by atoms with Crippen LogP contribution in [0.15, 0.2) is 52.8 Å². The van der Waals surface area contributed by atoms with Crippen molar-refractivity contribution in [3.63, 3.8) is 0 Å². The van der Waals surface area contributed by atoms with Gasteiger partial charge >= 0.3 is 0 Å². The van der Waals surface area contributed by atoms with Crippen LogP contribution in [0.5, 0.6) is 0 Å². The van der Waals surface area contributed by atoms with E-state index < -0.39 is 0 Å². The topological polar surface area (TPSA) is 28.0 Å². The first-order valence-electron chi connectivity index (χ1n) is 6.77. The number of hydrogen-bond acceptors (Lipinski definition) is 2. The lowest BCUT2D eigenvalue weighted by Crippen LogP contribution is -2.31. The number of fused-ring (bicyclic) bond motifs is 1. The Kier molecular flexibility index (Phi) is 4.15. The highest BCUT2D eigenvalue weighted by atomic mass is 15.6. The zero-order valence-electron chi connectivity index (χ0n) is 12.0. The molecule has 100 valence electrons. The van der Waals surface area contributed by atoms with Crippen molar-refractivity contribution >= 4 is 16.5 Å². The first kappa shape index (κ1) is 13.5. The average molecular weight is 255 g/mol. The first-order chi connectivity index (χ1) is 9.09. The highest BCUT2D eigenvalue weighted by Crippen LogP contribution is 2.26. The molecule has 0 spiro atoms. The van der Waals surface area contributed by atoms with Crippen molar-refractivity contribution < 1.29 is 0 Å². The zero-order valence-corrected chi connectivity index (χ0v) is 12.0. The summed E-state index contributed by atoms with van der Waals surface area (Å²) >= 11 is 0. The van der Waals surface area contributed by atoms with Gasteiger partial charge in [0.2, 0.25) is 0 Å². The Hall–Kier alpha value is -1.90. The van der Waals surface area contributed by atoms with E-state index in [2.05, 4.69) is 56.2 Å². The van der Waals surface area contributed by atoms with Gasteiger partial charge in [0.15, 0.2) is 0 Å². The minimum absolute atomic E-state index is 0.346. The predicted molar refractivity (Wildman–Crippen MR) is 80.6 cm³/mol. The Morgan fingerprint density at radius 1 is 0.842 bits per heavy atom. The minimum Gasteiger partial charge on any atom is -0.273 e. The van der Waals surface area contributed by atoms with Gasteiger partial charge in [-0.1, -0.05) is 41.6 Å². The number of hydrogen-bond donors (Lipinski definition) is 0. The maximum Gasteiger partial charge on any atom is 0.0952 e. The van der Waals surface area contributed by atoms with E-state index in [1.807, 2.05) is 29.3 Å². The molecule has 0 saturated carbocycles. The van der Waals surface area contributed by atoms with E-state index in [1.165, 1.54) is 5.39 Å². The highest BCUT2D eigenvalue weighted by molar-refractivity contribution is 5.92. The molecule has 2 aromatic carbocycles. The molecule has 0 heterocycles. The van der Waals surface area contributed by atoms with Gasteiger partial charge in [-0.05, 0) is 39.1 Å². The maximum absolute atomic E-state index is 4.43. The number of rotatable bonds is 4. The van der Waals surface area contributed by atoms with Gasteiger partial charge in [-0.2, -0.15) is 0 Å². The second kappa shape index (κ2) is 5.83. The fraction of sp³-hybridized carbons (Fsp3) is 0.375. The van der Waals surface area contributed by atoms with Crippen LogP contribution in [0, 0.1) is 0 Å². The Labute approximate surface area is 114 Å². The summed E-state index contributed by atoms with van der Waals surface area (Å²) in [6, 6.07) is 15.1. The monoisotopic (exact) mass is 255 g/mol. The molecule has 0 radical (unpaired) electrons. The molecule has 3 heteroatoms. The van der Waals surface area contributed by atoms with Crippen LogP contribution in [0.3, 0.4) is 0 Å². The van der Waals surface area contributed by atoms with Gasteiger partial charge in [-0.25, -0.2) is 0 Å².